The average molecular weight is 286 g/mol. The number of anilines is 1. The Morgan fingerprint density at radius 1 is 1.18 bits per heavy atom. The van der Waals surface area contributed by atoms with Crippen molar-refractivity contribution in [2.75, 3.05) is 5.73 Å². The van der Waals surface area contributed by atoms with Crippen LogP contribution in [-0.4, -0.2) is 9.97 Å². The number of aryl methyl sites for hydroxylation is 1. The number of rotatable bonds is 2. The number of hydrogen-bond acceptors (Lipinski definition) is 4. The lowest BCUT2D eigenvalue weighted by molar-refractivity contribution is 1.02. The van der Waals surface area contributed by atoms with E-state index in [4.69, 9.17) is 28.9 Å². The normalized spacial score (nSPS) is 10.5. The van der Waals surface area contributed by atoms with Crippen LogP contribution in [0.2, 0.25) is 10.3 Å². The van der Waals surface area contributed by atoms with Crippen molar-refractivity contribution in [3.05, 3.63) is 40.3 Å². The maximum Gasteiger partial charge on any atom is 0.223 e. The first-order valence-corrected chi connectivity index (χ1v) is 6.37. The summed E-state index contributed by atoms with van der Waals surface area (Å²) in [5.74, 6) is 0. The topological polar surface area (TPSA) is 51.8 Å². The van der Waals surface area contributed by atoms with E-state index in [1.54, 1.807) is 6.92 Å². The minimum absolute atomic E-state index is 0.186. The molecule has 0 saturated heterocycles. The highest BCUT2D eigenvalue weighted by Crippen LogP contribution is 2.35. The molecule has 0 saturated carbocycles. The van der Waals surface area contributed by atoms with E-state index in [0.717, 1.165) is 4.90 Å². The third-order valence-corrected chi connectivity index (χ3v) is 3.81. The Morgan fingerprint density at radius 3 is 2.59 bits per heavy atom. The van der Waals surface area contributed by atoms with Crippen LogP contribution < -0.4 is 5.73 Å². The van der Waals surface area contributed by atoms with Crippen LogP contribution >= 0.6 is 35.0 Å². The molecule has 0 fully saturated rings. The number of halogens is 2. The Kier molecular flexibility index (Phi) is 3.76. The first-order valence-electron chi connectivity index (χ1n) is 4.80. The van der Waals surface area contributed by atoms with Crippen LogP contribution in [0.25, 0.3) is 0 Å². The van der Waals surface area contributed by atoms with Gasteiger partial charge in [-0.15, -0.1) is 0 Å². The van der Waals surface area contributed by atoms with E-state index in [0.29, 0.717) is 21.4 Å². The van der Waals surface area contributed by atoms with Crippen molar-refractivity contribution < 1.29 is 0 Å². The second-order valence-electron chi connectivity index (χ2n) is 3.33. The van der Waals surface area contributed by atoms with E-state index in [-0.39, 0.29) is 5.28 Å². The van der Waals surface area contributed by atoms with Gasteiger partial charge in [0.1, 0.15) is 5.03 Å². The molecule has 1 aromatic carbocycles. The molecule has 0 bridgehead atoms. The predicted molar refractivity (Wildman–Crippen MR) is 71.8 cm³/mol. The van der Waals surface area contributed by atoms with Crippen molar-refractivity contribution in [2.45, 2.75) is 16.8 Å². The van der Waals surface area contributed by atoms with Gasteiger partial charge < -0.3 is 5.73 Å². The molecule has 88 valence electrons. The summed E-state index contributed by atoms with van der Waals surface area (Å²) >= 11 is 13.2. The Hall–Kier alpha value is -0.970. The molecule has 1 heterocycles. The summed E-state index contributed by atoms with van der Waals surface area (Å²) in [6.45, 7) is 1.79. The van der Waals surface area contributed by atoms with E-state index in [9.17, 15) is 0 Å². The number of nitrogens with two attached hydrogens (primary N) is 1. The molecule has 0 aliphatic rings. The van der Waals surface area contributed by atoms with Crippen LogP contribution in [0.15, 0.2) is 34.2 Å². The Balaban J connectivity index is 2.40. The minimum atomic E-state index is 0.186. The van der Waals surface area contributed by atoms with Crippen molar-refractivity contribution in [2.24, 2.45) is 0 Å². The molecule has 2 rings (SSSR count). The predicted octanol–water partition coefficient (Wildman–Crippen LogP) is 3.83. The van der Waals surface area contributed by atoms with Gasteiger partial charge in [-0.05, 0) is 30.7 Å². The van der Waals surface area contributed by atoms with Gasteiger partial charge in [0.25, 0.3) is 0 Å². The standard InChI is InChI=1S/C11H9Cl2N3S/c1-6-9(14)10(16-11(13)15-6)17-8-5-3-2-4-7(8)12/h2-5H,14H2,1H3. The maximum atomic E-state index is 6.07. The largest absolute Gasteiger partial charge is 0.395 e. The lowest BCUT2D eigenvalue weighted by atomic mass is 10.4. The second kappa shape index (κ2) is 5.12. The fourth-order valence-corrected chi connectivity index (χ4v) is 2.65. The number of benzene rings is 1. The van der Waals surface area contributed by atoms with Gasteiger partial charge in [0.2, 0.25) is 5.28 Å². The fraction of sp³-hybridized carbons (Fsp3) is 0.0909. The summed E-state index contributed by atoms with van der Waals surface area (Å²) < 4.78 is 0. The van der Waals surface area contributed by atoms with Crippen LogP contribution in [0, 0.1) is 6.92 Å². The quantitative estimate of drug-likeness (QED) is 0.673. The molecule has 17 heavy (non-hydrogen) atoms. The van der Waals surface area contributed by atoms with Crippen molar-refractivity contribution in [3.8, 4) is 0 Å². The number of nitrogen functional groups attached to an aromatic ring is 1. The fourth-order valence-electron chi connectivity index (χ4n) is 1.23. The first kappa shape index (κ1) is 12.5. The van der Waals surface area contributed by atoms with Gasteiger partial charge in [-0.3, -0.25) is 0 Å². The summed E-state index contributed by atoms with van der Waals surface area (Å²) in [6.07, 6.45) is 0. The second-order valence-corrected chi connectivity index (χ2v) is 5.11. The van der Waals surface area contributed by atoms with Gasteiger partial charge in [0, 0.05) is 4.90 Å². The highest BCUT2D eigenvalue weighted by Gasteiger charge is 2.10. The molecular formula is C11H9Cl2N3S. The molecule has 0 unspecified atom stereocenters. The van der Waals surface area contributed by atoms with E-state index in [1.807, 2.05) is 24.3 Å². The lowest BCUT2D eigenvalue weighted by Gasteiger charge is -2.07. The molecule has 0 aliphatic carbocycles. The average Bonchev–Trinajstić information content (AvgIpc) is 2.28. The van der Waals surface area contributed by atoms with Gasteiger partial charge >= 0.3 is 0 Å². The monoisotopic (exact) mass is 285 g/mol. The SMILES string of the molecule is Cc1nc(Cl)nc(Sc2ccccc2Cl)c1N. The Bertz CT molecular complexity index is 560. The van der Waals surface area contributed by atoms with E-state index >= 15 is 0 Å². The third kappa shape index (κ3) is 2.83. The van der Waals surface area contributed by atoms with E-state index < -0.39 is 0 Å². The van der Waals surface area contributed by atoms with Crippen molar-refractivity contribution in [3.63, 3.8) is 0 Å². The van der Waals surface area contributed by atoms with Gasteiger partial charge in [-0.25, -0.2) is 9.97 Å². The lowest BCUT2D eigenvalue weighted by Crippen LogP contribution is -1.99. The van der Waals surface area contributed by atoms with Crippen molar-refractivity contribution >= 4 is 40.7 Å². The zero-order valence-electron chi connectivity index (χ0n) is 8.95. The summed E-state index contributed by atoms with van der Waals surface area (Å²) in [4.78, 5) is 8.97. The minimum Gasteiger partial charge on any atom is -0.395 e. The Morgan fingerprint density at radius 2 is 1.88 bits per heavy atom. The van der Waals surface area contributed by atoms with Crippen LogP contribution in [0.5, 0.6) is 0 Å². The summed E-state index contributed by atoms with van der Waals surface area (Å²) in [6, 6.07) is 7.49. The van der Waals surface area contributed by atoms with Crippen LogP contribution in [0.3, 0.4) is 0 Å². The number of aromatic nitrogens is 2. The highest BCUT2D eigenvalue weighted by molar-refractivity contribution is 7.99. The van der Waals surface area contributed by atoms with Crippen molar-refractivity contribution in [1.29, 1.82) is 0 Å². The smallest absolute Gasteiger partial charge is 0.223 e. The molecule has 2 aromatic rings. The molecule has 0 atom stereocenters. The van der Waals surface area contributed by atoms with Gasteiger partial charge in [-0.2, -0.15) is 0 Å². The molecule has 6 heteroatoms. The molecule has 0 spiro atoms. The molecule has 0 amide bonds. The number of hydrogen-bond donors (Lipinski definition) is 1. The Labute approximate surface area is 113 Å². The first-order chi connectivity index (χ1) is 8.08. The highest BCUT2D eigenvalue weighted by atomic mass is 35.5. The van der Waals surface area contributed by atoms with Crippen molar-refractivity contribution in [1.82, 2.24) is 9.97 Å². The van der Waals surface area contributed by atoms with E-state index in [2.05, 4.69) is 9.97 Å². The van der Waals surface area contributed by atoms with E-state index in [1.165, 1.54) is 11.8 Å². The van der Waals surface area contributed by atoms with Crippen LogP contribution in [0.1, 0.15) is 5.69 Å². The zero-order valence-corrected chi connectivity index (χ0v) is 11.3. The molecule has 0 aliphatic heterocycles. The van der Waals surface area contributed by atoms with Crippen LogP contribution in [0.4, 0.5) is 5.69 Å². The van der Waals surface area contributed by atoms with Gasteiger partial charge in [0.15, 0.2) is 0 Å². The molecular weight excluding hydrogens is 277 g/mol. The molecule has 1 aromatic heterocycles. The third-order valence-electron chi connectivity index (χ3n) is 2.12. The molecule has 0 radical (unpaired) electrons. The number of nitrogens with zero attached hydrogens (tertiary/aromatic N) is 2. The summed E-state index contributed by atoms with van der Waals surface area (Å²) in [5, 5.41) is 1.46. The maximum absolute atomic E-state index is 6.07. The van der Waals surface area contributed by atoms with Gasteiger partial charge in [-0.1, -0.05) is 35.5 Å². The zero-order chi connectivity index (χ0) is 12.4. The summed E-state index contributed by atoms with van der Waals surface area (Å²) in [5.41, 5.74) is 7.10. The van der Waals surface area contributed by atoms with Gasteiger partial charge in [0.05, 0.1) is 16.4 Å². The molecule has 3 nitrogen and oxygen atoms in total. The van der Waals surface area contributed by atoms with Crippen LogP contribution in [-0.2, 0) is 0 Å². The molecule has 2 N–H and O–H groups in total. The summed E-state index contributed by atoms with van der Waals surface area (Å²) in [7, 11) is 0.